The molecule has 1 fully saturated rings. The van der Waals surface area contributed by atoms with Crippen LogP contribution in [0.1, 0.15) is 51.0 Å². The number of hydrogen-bond acceptors (Lipinski definition) is 6. The van der Waals surface area contributed by atoms with Crippen LogP contribution in [0.2, 0.25) is 10.0 Å². The lowest BCUT2D eigenvalue weighted by Gasteiger charge is -2.33. The third kappa shape index (κ3) is 7.72. The summed E-state index contributed by atoms with van der Waals surface area (Å²) in [5.41, 5.74) is 0.422. The molecule has 1 aliphatic carbocycles. The number of rotatable bonds is 11. The van der Waals surface area contributed by atoms with Gasteiger partial charge in [0.2, 0.25) is 11.7 Å². The quantitative estimate of drug-likeness (QED) is 0.289. The van der Waals surface area contributed by atoms with Crippen LogP contribution in [0.15, 0.2) is 36.4 Å². The number of nitrogens with zero attached hydrogens (tertiary/aromatic N) is 2. The molecule has 11 heteroatoms. The second kappa shape index (κ2) is 13.5. The van der Waals surface area contributed by atoms with Crippen molar-refractivity contribution >= 4 is 40.7 Å². The van der Waals surface area contributed by atoms with E-state index in [2.05, 4.69) is 5.32 Å². The first-order valence-corrected chi connectivity index (χ1v) is 13.0. The molecular formula is C26H31Cl2N3O6. The second-order valence-corrected chi connectivity index (χ2v) is 9.75. The average Bonchev–Trinajstić information content (AvgIpc) is 2.88. The first kappa shape index (κ1) is 28.5. The number of carbonyl (C=O) groups is 2. The summed E-state index contributed by atoms with van der Waals surface area (Å²) >= 11 is 12.4. The molecule has 0 aliphatic heterocycles. The highest BCUT2D eigenvalue weighted by Crippen LogP contribution is 2.31. The van der Waals surface area contributed by atoms with Crippen molar-refractivity contribution in [3.63, 3.8) is 0 Å². The number of amides is 2. The molecule has 1 unspecified atom stereocenters. The summed E-state index contributed by atoms with van der Waals surface area (Å²) in [6, 6.07) is 8.32. The highest BCUT2D eigenvalue weighted by Gasteiger charge is 2.31. The van der Waals surface area contributed by atoms with Crippen molar-refractivity contribution in [2.45, 2.75) is 64.1 Å². The lowest BCUT2D eigenvalue weighted by Crippen LogP contribution is -2.52. The van der Waals surface area contributed by atoms with E-state index in [1.165, 1.54) is 30.2 Å². The Labute approximate surface area is 226 Å². The fraction of sp³-hybridized carbons (Fsp3) is 0.462. The molecule has 1 atom stereocenters. The summed E-state index contributed by atoms with van der Waals surface area (Å²) in [5.74, 6) is -0.420. The van der Waals surface area contributed by atoms with Gasteiger partial charge in [-0.2, -0.15) is 0 Å². The Hall–Kier alpha value is -3.04. The number of methoxy groups -OCH3 is 1. The van der Waals surface area contributed by atoms with Gasteiger partial charge >= 0.3 is 5.69 Å². The van der Waals surface area contributed by atoms with Crippen LogP contribution < -0.4 is 14.8 Å². The minimum atomic E-state index is -0.740. The van der Waals surface area contributed by atoms with Crippen molar-refractivity contribution in [1.82, 2.24) is 10.2 Å². The molecule has 0 aromatic heterocycles. The van der Waals surface area contributed by atoms with E-state index in [1.807, 2.05) is 6.92 Å². The van der Waals surface area contributed by atoms with Gasteiger partial charge in [-0.3, -0.25) is 19.7 Å². The molecule has 9 nitrogen and oxygen atoms in total. The van der Waals surface area contributed by atoms with Crippen LogP contribution in [0, 0.1) is 10.1 Å². The van der Waals surface area contributed by atoms with Crippen LogP contribution in [-0.2, 0) is 16.1 Å². The van der Waals surface area contributed by atoms with Crippen molar-refractivity contribution < 1.29 is 24.0 Å². The Bertz CT molecular complexity index is 1120. The molecule has 2 aromatic carbocycles. The van der Waals surface area contributed by atoms with E-state index in [0.717, 1.165) is 32.1 Å². The number of nitrogens with one attached hydrogen (secondary N) is 1. The molecule has 0 spiro atoms. The van der Waals surface area contributed by atoms with Crippen molar-refractivity contribution in [3.05, 3.63) is 62.1 Å². The van der Waals surface area contributed by atoms with Gasteiger partial charge in [-0.1, -0.05) is 55.5 Å². The Balaban J connectivity index is 1.81. The summed E-state index contributed by atoms with van der Waals surface area (Å²) in [5, 5.41) is 15.1. The highest BCUT2D eigenvalue weighted by molar-refractivity contribution is 6.35. The number of carbonyl (C=O) groups excluding carboxylic acids is 2. The fourth-order valence-electron chi connectivity index (χ4n) is 4.42. The van der Waals surface area contributed by atoms with Gasteiger partial charge in [0.15, 0.2) is 6.61 Å². The monoisotopic (exact) mass is 551 g/mol. The van der Waals surface area contributed by atoms with Crippen LogP contribution in [0.5, 0.6) is 11.5 Å². The summed E-state index contributed by atoms with van der Waals surface area (Å²) in [7, 11) is 1.31. The highest BCUT2D eigenvalue weighted by atomic mass is 35.5. The van der Waals surface area contributed by atoms with Gasteiger partial charge < -0.3 is 19.7 Å². The Morgan fingerprint density at radius 3 is 2.51 bits per heavy atom. The lowest BCUT2D eigenvalue weighted by molar-refractivity contribution is -0.385. The maximum absolute atomic E-state index is 13.4. The first-order valence-electron chi connectivity index (χ1n) is 12.2. The molecule has 0 heterocycles. The summed E-state index contributed by atoms with van der Waals surface area (Å²) in [6.07, 6.45) is 5.53. The number of halogens is 2. The molecule has 0 radical (unpaired) electrons. The van der Waals surface area contributed by atoms with Crippen LogP contribution in [0.25, 0.3) is 0 Å². The van der Waals surface area contributed by atoms with Gasteiger partial charge in [-0.25, -0.2) is 0 Å². The van der Waals surface area contributed by atoms with Gasteiger partial charge in [-0.05, 0) is 43.0 Å². The maximum Gasteiger partial charge on any atom is 0.311 e. The Kier molecular flexibility index (Phi) is 10.4. The zero-order valence-corrected chi connectivity index (χ0v) is 22.4. The smallest absolute Gasteiger partial charge is 0.311 e. The van der Waals surface area contributed by atoms with Crippen LogP contribution in [0.4, 0.5) is 5.69 Å². The summed E-state index contributed by atoms with van der Waals surface area (Å²) < 4.78 is 10.7. The standard InChI is InChI=1S/C26H31Cl2N3O6/c1-3-22(26(33)29-19-7-5-4-6-8-19)30(15-17-9-10-18(27)13-21(17)28)25(32)16-37-20-11-12-23(31(34)35)24(14-20)36-2/h9-14,19,22H,3-8,15-16H2,1-2H3,(H,29,33). The van der Waals surface area contributed by atoms with Crippen LogP contribution in [0.3, 0.4) is 0 Å². The Morgan fingerprint density at radius 2 is 1.89 bits per heavy atom. The Morgan fingerprint density at radius 1 is 1.16 bits per heavy atom. The van der Waals surface area contributed by atoms with Crippen LogP contribution >= 0.6 is 23.2 Å². The maximum atomic E-state index is 13.4. The van der Waals surface area contributed by atoms with Gasteiger partial charge in [0.05, 0.1) is 12.0 Å². The number of hydrogen-bond donors (Lipinski definition) is 1. The number of nitro benzene ring substituents is 1. The van der Waals surface area contributed by atoms with E-state index in [0.29, 0.717) is 22.0 Å². The van der Waals surface area contributed by atoms with E-state index in [4.69, 9.17) is 32.7 Å². The molecule has 0 saturated heterocycles. The fourth-order valence-corrected chi connectivity index (χ4v) is 4.89. The molecular weight excluding hydrogens is 521 g/mol. The predicted octanol–water partition coefficient (Wildman–Crippen LogP) is 5.55. The molecule has 37 heavy (non-hydrogen) atoms. The molecule has 1 N–H and O–H groups in total. The van der Waals surface area contributed by atoms with Crippen molar-refractivity contribution in [2.24, 2.45) is 0 Å². The van der Waals surface area contributed by atoms with Gasteiger partial charge in [0, 0.05) is 34.8 Å². The predicted molar refractivity (Wildman–Crippen MR) is 141 cm³/mol. The molecule has 2 amide bonds. The third-order valence-electron chi connectivity index (χ3n) is 6.40. The number of nitro groups is 1. The summed E-state index contributed by atoms with van der Waals surface area (Å²) in [6.45, 7) is 1.54. The average molecular weight is 552 g/mol. The summed E-state index contributed by atoms with van der Waals surface area (Å²) in [4.78, 5) is 38.8. The topological polar surface area (TPSA) is 111 Å². The molecule has 0 bridgehead atoms. The largest absolute Gasteiger partial charge is 0.490 e. The second-order valence-electron chi connectivity index (χ2n) is 8.90. The zero-order chi connectivity index (χ0) is 26.9. The minimum Gasteiger partial charge on any atom is -0.490 e. The SMILES string of the molecule is CCC(C(=O)NC1CCCCC1)N(Cc1ccc(Cl)cc1Cl)C(=O)COc1ccc([N+](=O)[O-])c(OC)c1. The molecule has 200 valence electrons. The van der Waals surface area contributed by atoms with E-state index in [9.17, 15) is 19.7 Å². The zero-order valence-electron chi connectivity index (χ0n) is 20.9. The van der Waals surface area contributed by atoms with Crippen molar-refractivity contribution in [3.8, 4) is 11.5 Å². The van der Waals surface area contributed by atoms with Crippen LogP contribution in [-0.4, -0.2) is 47.4 Å². The van der Waals surface area contributed by atoms with Gasteiger partial charge in [0.25, 0.3) is 5.91 Å². The minimum absolute atomic E-state index is 0.0121. The van der Waals surface area contributed by atoms with Gasteiger partial charge in [0.1, 0.15) is 11.8 Å². The normalized spacial score (nSPS) is 14.5. The lowest BCUT2D eigenvalue weighted by atomic mass is 9.95. The molecule has 3 rings (SSSR count). The van der Waals surface area contributed by atoms with E-state index >= 15 is 0 Å². The van der Waals surface area contributed by atoms with Gasteiger partial charge in [-0.15, -0.1) is 0 Å². The number of ether oxygens (including phenoxy) is 2. The molecule has 2 aromatic rings. The third-order valence-corrected chi connectivity index (χ3v) is 6.99. The number of benzene rings is 2. The van der Waals surface area contributed by atoms with E-state index in [-0.39, 0.29) is 42.3 Å². The van der Waals surface area contributed by atoms with E-state index in [1.54, 1.807) is 18.2 Å². The first-order chi connectivity index (χ1) is 17.7. The molecule has 1 aliphatic rings. The van der Waals surface area contributed by atoms with Crippen molar-refractivity contribution in [2.75, 3.05) is 13.7 Å². The van der Waals surface area contributed by atoms with Crippen molar-refractivity contribution in [1.29, 1.82) is 0 Å². The van der Waals surface area contributed by atoms with E-state index < -0.39 is 16.9 Å². The molecule has 1 saturated carbocycles.